The first-order valence-electron chi connectivity index (χ1n) is 8.24. The van der Waals surface area contributed by atoms with Crippen molar-refractivity contribution in [3.8, 4) is 17.1 Å². The van der Waals surface area contributed by atoms with Crippen LogP contribution >= 0.6 is 0 Å². The van der Waals surface area contributed by atoms with Crippen molar-refractivity contribution in [3.05, 3.63) is 76.5 Å². The lowest BCUT2D eigenvalue weighted by molar-refractivity contribution is -0.116. The average molecular weight is 367 g/mol. The number of ether oxygens (including phenoxy) is 1. The van der Waals surface area contributed by atoms with Crippen LogP contribution in [0.2, 0.25) is 0 Å². The molecule has 0 aliphatic heterocycles. The van der Waals surface area contributed by atoms with Gasteiger partial charge in [-0.25, -0.2) is 9.37 Å². The molecule has 3 rings (SSSR count). The number of rotatable bonds is 5. The van der Waals surface area contributed by atoms with Gasteiger partial charge >= 0.3 is 0 Å². The Morgan fingerprint density at radius 3 is 2.44 bits per heavy atom. The van der Waals surface area contributed by atoms with Gasteiger partial charge in [0.1, 0.15) is 23.9 Å². The predicted molar refractivity (Wildman–Crippen MR) is 100 cm³/mol. The van der Waals surface area contributed by atoms with Gasteiger partial charge in [-0.3, -0.25) is 14.2 Å². The van der Waals surface area contributed by atoms with Crippen molar-refractivity contribution in [1.82, 2.24) is 9.55 Å². The number of methoxy groups -OCH3 is 1. The van der Waals surface area contributed by atoms with E-state index in [0.29, 0.717) is 28.5 Å². The van der Waals surface area contributed by atoms with E-state index in [0.717, 1.165) is 0 Å². The Hall–Kier alpha value is -3.48. The first-order chi connectivity index (χ1) is 13.0. The molecule has 0 aliphatic rings. The van der Waals surface area contributed by atoms with Crippen LogP contribution in [0.3, 0.4) is 0 Å². The van der Waals surface area contributed by atoms with Crippen LogP contribution in [0.4, 0.5) is 10.1 Å². The Bertz CT molecular complexity index is 1010. The molecule has 1 aromatic heterocycles. The van der Waals surface area contributed by atoms with Crippen LogP contribution in [0.25, 0.3) is 11.4 Å². The van der Waals surface area contributed by atoms with Crippen molar-refractivity contribution < 1.29 is 13.9 Å². The van der Waals surface area contributed by atoms with E-state index in [2.05, 4.69) is 10.3 Å². The lowest BCUT2D eigenvalue weighted by Gasteiger charge is -2.13. The molecule has 27 heavy (non-hydrogen) atoms. The van der Waals surface area contributed by atoms with Gasteiger partial charge in [0.2, 0.25) is 5.91 Å². The first-order valence-corrected chi connectivity index (χ1v) is 8.24. The molecule has 6 nitrogen and oxygen atoms in total. The Morgan fingerprint density at radius 1 is 1.15 bits per heavy atom. The fourth-order valence-electron chi connectivity index (χ4n) is 2.61. The molecule has 0 saturated carbocycles. The number of benzene rings is 2. The third-order valence-electron chi connectivity index (χ3n) is 3.91. The van der Waals surface area contributed by atoms with E-state index in [4.69, 9.17) is 4.74 Å². The number of carbonyl (C=O) groups excluding carboxylic acids is 1. The Balaban J connectivity index is 1.90. The molecule has 0 saturated heterocycles. The van der Waals surface area contributed by atoms with Gasteiger partial charge in [0.15, 0.2) is 0 Å². The summed E-state index contributed by atoms with van der Waals surface area (Å²) < 4.78 is 19.4. The number of hydrogen-bond donors (Lipinski definition) is 1. The van der Waals surface area contributed by atoms with Crippen molar-refractivity contribution in [1.29, 1.82) is 0 Å². The second-order valence-corrected chi connectivity index (χ2v) is 5.93. The molecular weight excluding hydrogens is 349 g/mol. The molecule has 1 N–H and O–H groups in total. The summed E-state index contributed by atoms with van der Waals surface area (Å²) in [7, 11) is 1.57. The first kappa shape index (κ1) is 18.3. The quantitative estimate of drug-likeness (QED) is 0.752. The molecule has 7 heteroatoms. The fourth-order valence-corrected chi connectivity index (χ4v) is 2.61. The topological polar surface area (TPSA) is 73.2 Å². The number of amides is 1. The van der Waals surface area contributed by atoms with Crippen molar-refractivity contribution in [2.75, 3.05) is 12.4 Å². The van der Waals surface area contributed by atoms with Gasteiger partial charge in [-0.15, -0.1) is 0 Å². The Morgan fingerprint density at radius 2 is 1.81 bits per heavy atom. The zero-order valence-electron chi connectivity index (χ0n) is 14.9. The van der Waals surface area contributed by atoms with Gasteiger partial charge in [0.05, 0.1) is 7.11 Å². The van der Waals surface area contributed by atoms with E-state index in [1.165, 1.54) is 34.9 Å². The lowest BCUT2D eigenvalue weighted by Crippen LogP contribution is -2.29. The second-order valence-electron chi connectivity index (χ2n) is 5.93. The lowest BCUT2D eigenvalue weighted by atomic mass is 10.2. The zero-order valence-corrected chi connectivity index (χ0v) is 14.9. The highest BCUT2D eigenvalue weighted by Crippen LogP contribution is 2.20. The molecule has 0 bridgehead atoms. The van der Waals surface area contributed by atoms with Crippen LogP contribution in [0.5, 0.6) is 5.75 Å². The maximum absolute atomic E-state index is 13.0. The van der Waals surface area contributed by atoms with Gasteiger partial charge in [-0.05, 0) is 55.5 Å². The van der Waals surface area contributed by atoms with E-state index in [-0.39, 0.29) is 12.1 Å². The van der Waals surface area contributed by atoms with Crippen molar-refractivity contribution in [2.45, 2.75) is 13.5 Å². The summed E-state index contributed by atoms with van der Waals surface area (Å²) in [6.07, 6.45) is 0. The van der Waals surface area contributed by atoms with Crippen LogP contribution in [-0.2, 0) is 11.3 Å². The predicted octanol–water partition coefficient (Wildman–Crippen LogP) is 3.01. The number of aromatic nitrogens is 2. The smallest absolute Gasteiger partial charge is 0.254 e. The van der Waals surface area contributed by atoms with E-state index in [9.17, 15) is 14.0 Å². The molecule has 0 radical (unpaired) electrons. The molecule has 2 aromatic carbocycles. The largest absolute Gasteiger partial charge is 0.497 e. The van der Waals surface area contributed by atoms with Gasteiger partial charge < -0.3 is 10.1 Å². The maximum atomic E-state index is 13.0. The fraction of sp³-hybridized carbons (Fsp3) is 0.150. The molecular formula is C20H18FN3O3. The molecule has 0 atom stereocenters. The van der Waals surface area contributed by atoms with Gasteiger partial charge in [0, 0.05) is 23.0 Å². The van der Waals surface area contributed by atoms with Gasteiger partial charge in [0.25, 0.3) is 5.56 Å². The van der Waals surface area contributed by atoms with E-state index in [1.54, 1.807) is 38.3 Å². The summed E-state index contributed by atoms with van der Waals surface area (Å²) in [5.41, 5.74) is 1.36. The third-order valence-corrected chi connectivity index (χ3v) is 3.91. The van der Waals surface area contributed by atoms with Crippen molar-refractivity contribution in [2.24, 2.45) is 0 Å². The highest BCUT2D eigenvalue weighted by molar-refractivity contribution is 5.90. The van der Waals surface area contributed by atoms with E-state index < -0.39 is 11.7 Å². The molecule has 0 fully saturated rings. The van der Waals surface area contributed by atoms with Gasteiger partial charge in [-0.1, -0.05) is 0 Å². The number of halogens is 1. The number of anilines is 1. The minimum absolute atomic E-state index is 0.217. The minimum Gasteiger partial charge on any atom is -0.497 e. The summed E-state index contributed by atoms with van der Waals surface area (Å²) >= 11 is 0. The molecule has 1 heterocycles. The highest BCUT2D eigenvalue weighted by atomic mass is 19.1. The molecule has 1 amide bonds. The second kappa shape index (κ2) is 7.82. The number of carbonyl (C=O) groups is 1. The molecule has 138 valence electrons. The van der Waals surface area contributed by atoms with Crippen LogP contribution in [-0.4, -0.2) is 22.6 Å². The molecule has 0 unspecified atom stereocenters. The van der Waals surface area contributed by atoms with Crippen LogP contribution in [0.1, 0.15) is 5.69 Å². The van der Waals surface area contributed by atoms with Crippen LogP contribution in [0.15, 0.2) is 59.4 Å². The molecule has 0 aliphatic carbocycles. The molecule has 3 aromatic rings. The monoisotopic (exact) mass is 367 g/mol. The van der Waals surface area contributed by atoms with Crippen LogP contribution in [0, 0.1) is 12.7 Å². The Kier molecular flexibility index (Phi) is 5.30. The normalized spacial score (nSPS) is 10.5. The van der Waals surface area contributed by atoms with Gasteiger partial charge in [-0.2, -0.15) is 0 Å². The number of nitrogens with one attached hydrogen (secondary N) is 1. The minimum atomic E-state index is -0.413. The van der Waals surface area contributed by atoms with Crippen LogP contribution < -0.4 is 15.6 Å². The standard InChI is InChI=1S/C20H18FN3O3/c1-13-11-19(26)24(12-18(25)23-16-7-5-15(21)6-8-16)20(22-13)14-3-9-17(27-2)10-4-14/h3-11H,12H2,1-2H3,(H,23,25). The van der Waals surface area contributed by atoms with Crippen molar-refractivity contribution >= 4 is 11.6 Å². The number of aryl methyl sites for hydroxylation is 1. The summed E-state index contributed by atoms with van der Waals surface area (Å²) in [6.45, 7) is 1.50. The number of hydrogen-bond acceptors (Lipinski definition) is 4. The highest BCUT2D eigenvalue weighted by Gasteiger charge is 2.13. The zero-order chi connectivity index (χ0) is 19.4. The van der Waals surface area contributed by atoms with E-state index in [1.807, 2.05) is 0 Å². The average Bonchev–Trinajstić information content (AvgIpc) is 2.65. The third kappa shape index (κ3) is 4.38. The number of nitrogens with zero attached hydrogens (tertiary/aromatic N) is 2. The van der Waals surface area contributed by atoms with Crippen molar-refractivity contribution in [3.63, 3.8) is 0 Å². The SMILES string of the molecule is COc1ccc(-c2nc(C)cc(=O)n2CC(=O)Nc2ccc(F)cc2)cc1. The summed E-state index contributed by atoms with van der Waals surface area (Å²) in [6, 6.07) is 13.8. The maximum Gasteiger partial charge on any atom is 0.254 e. The summed E-state index contributed by atoms with van der Waals surface area (Å²) in [5.74, 6) is 0.254. The molecule has 0 spiro atoms. The summed E-state index contributed by atoms with van der Waals surface area (Å²) in [4.78, 5) is 29.3. The Labute approximate surface area is 155 Å². The summed E-state index contributed by atoms with van der Waals surface area (Å²) in [5, 5.41) is 2.64. The van der Waals surface area contributed by atoms with E-state index >= 15 is 0 Å².